The fourth-order valence-electron chi connectivity index (χ4n) is 1.06. The second-order valence-electron chi connectivity index (χ2n) is 4.70. The average Bonchev–Trinajstić information content (AvgIpc) is 2.84. The molecule has 0 spiro atoms. The van der Waals surface area contributed by atoms with E-state index in [1.807, 2.05) is 0 Å². The third-order valence-corrected chi connectivity index (χ3v) is 6.99. The van der Waals surface area contributed by atoms with Crippen LogP contribution in [-0.4, -0.2) is 44.0 Å². The maximum atomic E-state index is 5.87. The van der Waals surface area contributed by atoms with Crippen molar-refractivity contribution in [1.82, 2.24) is 0 Å². The van der Waals surface area contributed by atoms with Crippen molar-refractivity contribution in [2.75, 3.05) is 19.8 Å². The molecule has 0 aromatic heterocycles. The Morgan fingerprint density at radius 3 is 2.71 bits per heavy atom. The van der Waals surface area contributed by atoms with Gasteiger partial charge in [-0.05, 0) is 32.1 Å². The lowest BCUT2D eigenvalue weighted by atomic mass is 10.5. The van der Waals surface area contributed by atoms with Crippen molar-refractivity contribution in [2.45, 2.75) is 38.2 Å². The van der Waals surface area contributed by atoms with E-state index in [1.54, 1.807) is 0 Å². The predicted molar refractivity (Wildman–Crippen MR) is 63.0 cm³/mol. The monoisotopic (exact) mass is 234 g/mol. The number of epoxide rings is 1. The zero-order valence-corrected chi connectivity index (χ0v) is 12.0. The van der Waals surface area contributed by atoms with Crippen molar-refractivity contribution in [2.24, 2.45) is 0 Å². The topological polar surface area (TPSA) is 31.0 Å². The molecule has 1 unspecified atom stereocenters. The molecule has 1 fully saturated rings. The molecule has 1 rings (SSSR count). The van der Waals surface area contributed by atoms with E-state index in [0.29, 0.717) is 6.10 Å². The van der Waals surface area contributed by atoms with Crippen LogP contribution in [0.1, 0.15) is 6.42 Å². The van der Waals surface area contributed by atoms with E-state index in [9.17, 15) is 0 Å². The van der Waals surface area contributed by atoms with Crippen LogP contribution in [-0.2, 0) is 13.6 Å². The molecule has 0 radical (unpaired) electrons. The van der Waals surface area contributed by atoms with Crippen molar-refractivity contribution in [3.8, 4) is 0 Å². The first-order valence-corrected chi connectivity index (χ1v) is 10.4. The van der Waals surface area contributed by atoms with E-state index in [2.05, 4.69) is 19.6 Å². The molecular formula is C9H22O3Si2. The molecule has 1 aliphatic rings. The third-order valence-electron chi connectivity index (χ3n) is 1.92. The Morgan fingerprint density at radius 2 is 2.14 bits per heavy atom. The van der Waals surface area contributed by atoms with Gasteiger partial charge in [-0.1, -0.05) is 0 Å². The summed E-state index contributed by atoms with van der Waals surface area (Å²) in [6.07, 6.45) is 1.56. The fraction of sp³-hybridized carbons (Fsp3) is 1.00. The quantitative estimate of drug-likeness (QED) is 0.359. The summed E-state index contributed by atoms with van der Waals surface area (Å²) in [5.41, 5.74) is 0. The summed E-state index contributed by atoms with van der Waals surface area (Å²) < 4.78 is 16.4. The van der Waals surface area contributed by atoms with Crippen LogP contribution in [0.3, 0.4) is 0 Å². The summed E-state index contributed by atoms with van der Waals surface area (Å²) >= 11 is 0. The van der Waals surface area contributed by atoms with Gasteiger partial charge < -0.3 is 13.6 Å². The highest BCUT2D eigenvalue weighted by atomic mass is 28.4. The van der Waals surface area contributed by atoms with E-state index in [1.165, 1.54) is 6.04 Å². The van der Waals surface area contributed by atoms with Gasteiger partial charge in [-0.25, -0.2) is 0 Å². The lowest BCUT2D eigenvalue weighted by molar-refractivity contribution is 0.117. The van der Waals surface area contributed by atoms with Gasteiger partial charge in [0.1, 0.15) is 15.9 Å². The van der Waals surface area contributed by atoms with Crippen LogP contribution in [0.15, 0.2) is 0 Å². The molecule has 14 heavy (non-hydrogen) atoms. The summed E-state index contributed by atoms with van der Waals surface area (Å²) in [5.74, 6) is 0. The van der Waals surface area contributed by atoms with Crippen LogP contribution < -0.4 is 0 Å². The minimum absolute atomic E-state index is 0.274. The SMILES string of the molecule is C[Si](C)(C)O[SiH2]CCCOCC1CO1. The lowest BCUT2D eigenvalue weighted by Crippen LogP contribution is -2.27. The van der Waals surface area contributed by atoms with E-state index >= 15 is 0 Å². The first-order valence-electron chi connectivity index (χ1n) is 5.41. The summed E-state index contributed by atoms with van der Waals surface area (Å²) in [6, 6.07) is 1.25. The smallest absolute Gasteiger partial charge is 0.169 e. The van der Waals surface area contributed by atoms with Crippen molar-refractivity contribution >= 4 is 18.1 Å². The second-order valence-corrected chi connectivity index (χ2v) is 11.2. The first kappa shape index (κ1) is 12.4. The minimum Gasteiger partial charge on any atom is -0.461 e. The summed E-state index contributed by atoms with van der Waals surface area (Å²) in [7, 11) is -1.51. The van der Waals surface area contributed by atoms with E-state index in [-0.39, 0.29) is 9.76 Å². The predicted octanol–water partition coefficient (Wildman–Crippen LogP) is 1.15. The number of hydrogen-bond acceptors (Lipinski definition) is 3. The Bertz CT molecular complexity index is 155. The molecule has 1 aliphatic heterocycles. The van der Waals surface area contributed by atoms with Gasteiger partial charge in [0.05, 0.1) is 13.2 Å². The van der Waals surface area contributed by atoms with Crippen molar-refractivity contribution in [3.05, 3.63) is 0 Å². The van der Waals surface area contributed by atoms with Crippen LogP contribution in [0.2, 0.25) is 25.7 Å². The molecule has 0 amide bonds. The molecule has 3 nitrogen and oxygen atoms in total. The van der Waals surface area contributed by atoms with Gasteiger partial charge in [-0.15, -0.1) is 0 Å². The van der Waals surface area contributed by atoms with Crippen molar-refractivity contribution < 1.29 is 13.6 Å². The van der Waals surface area contributed by atoms with Gasteiger partial charge in [0.25, 0.3) is 0 Å². The van der Waals surface area contributed by atoms with Crippen LogP contribution in [0, 0.1) is 0 Å². The Balaban J connectivity index is 1.75. The molecule has 0 saturated carbocycles. The Kier molecular flexibility index (Phi) is 5.32. The van der Waals surface area contributed by atoms with Gasteiger partial charge in [-0.2, -0.15) is 0 Å². The van der Waals surface area contributed by atoms with Gasteiger partial charge in [-0.3, -0.25) is 0 Å². The van der Waals surface area contributed by atoms with E-state index < -0.39 is 8.32 Å². The lowest BCUT2D eigenvalue weighted by Gasteiger charge is -2.17. The Labute approximate surface area is 90.2 Å². The first-order chi connectivity index (χ1) is 6.58. The third kappa shape index (κ3) is 7.69. The molecule has 0 aliphatic carbocycles. The van der Waals surface area contributed by atoms with Gasteiger partial charge in [0.15, 0.2) is 8.32 Å². The summed E-state index contributed by atoms with van der Waals surface area (Å²) in [4.78, 5) is 0. The molecule has 0 bridgehead atoms. The highest BCUT2D eigenvalue weighted by Gasteiger charge is 2.21. The van der Waals surface area contributed by atoms with Gasteiger partial charge >= 0.3 is 0 Å². The Hall–Kier alpha value is 0.314. The maximum Gasteiger partial charge on any atom is 0.169 e. The van der Waals surface area contributed by atoms with E-state index in [4.69, 9.17) is 13.6 Å². The van der Waals surface area contributed by atoms with Crippen LogP contribution in [0.25, 0.3) is 0 Å². The molecule has 84 valence electrons. The molecule has 0 aromatic rings. The molecule has 1 atom stereocenters. The van der Waals surface area contributed by atoms with Crippen molar-refractivity contribution in [3.63, 3.8) is 0 Å². The fourth-order valence-corrected chi connectivity index (χ4v) is 4.50. The number of hydrogen-bond donors (Lipinski definition) is 0. The summed E-state index contributed by atoms with van der Waals surface area (Å²) in [5, 5.41) is 0. The van der Waals surface area contributed by atoms with Crippen LogP contribution >= 0.6 is 0 Å². The molecule has 0 aromatic carbocycles. The highest BCUT2D eigenvalue weighted by molar-refractivity contribution is 6.73. The minimum atomic E-state index is -1.23. The summed E-state index contributed by atoms with van der Waals surface area (Å²) in [6.45, 7) is 9.31. The number of ether oxygens (including phenoxy) is 2. The normalized spacial score (nSPS) is 22.1. The molecule has 0 N–H and O–H groups in total. The molecular weight excluding hydrogens is 212 g/mol. The largest absolute Gasteiger partial charge is 0.461 e. The van der Waals surface area contributed by atoms with Gasteiger partial charge in [0, 0.05) is 6.61 Å². The second kappa shape index (κ2) is 6.02. The van der Waals surface area contributed by atoms with Gasteiger partial charge in [0.2, 0.25) is 0 Å². The number of rotatable bonds is 8. The van der Waals surface area contributed by atoms with E-state index in [0.717, 1.165) is 26.2 Å². The molecule has 1 heterocycles. The van der Waals surface area contributed by atoms with Crippen LogP contribution in [0.5, 0.6) is 0 Å². The standard InChI is InChI=1S/C9H22O3Si2/c1-14(2,3)12-13-6-4-5-10-7-9-8-11-9/h9H,4-8,13H2,1-3H3. The molecule has 5 heteroatoms. The van der Waals surface area contributed by atoms with Crippen molar-refractivity contribution in [1.29, 1.82) is 0 Å². The molecule has 1 saturated heterocycles. The Morgan fingerprint density at radius 1 is 1.43 bits per heavy atom. The average molecular weight is 234 g/mol. The maximum absolute atomic E-state index is 5.87. The zero-order valence-electron chi connectivity index (χ0n) is 9.54. The highest BCUT2D eigenvalue weighted by Crippen LogP contribution is 2.09. The zero-order chi connectivity index (χ0) is 10.4. The van der Waals surface area contributed by atoms with Crippen LogP contribution in [0.4, 0.5) is 0 Å².